The van der Waals surface area contributed by atoms with Crippen LogP contribution in [0.3, 0.4) is 0 Å². The summed E-state index contributed by atoms with van der Waals surface area (Å²) in [5.41, 5.74) is 0.216. The Hall–Kier alpha value is -2.37. The van der Waals surface area contributed by atoms with E-state index in [-0.39, 0.29) is 24.9 Å². The summed E-state index contributed by atoms with van der Waals surface area (Å²) in [5.74, 6) is -0.0569. The fourth-order valence-electron chi connectivity index (χ4n) is 3.44. The summed E-state index contributed by atoms with van der Waals surface area (Å²) < 4.78 is 2.77. The first-order chi connectivity index (χ1) is 11.6. The van der Waals surface area contributed by atoms with Crippen molar-refractivity contribution in [1.29, 1.82) is 0 Å². The van der Waals surface area contributed by atoms with E-state index in [0.717, 1.165) is 25.7 Å². The molecule has 1 saturated carbocycles. The zero-order valence-corrected chi connectivity index (χ0v) is 14.0. The van der Waals surface area contributed by atoms with Gasteiger partial charge in [-0.3, -0.25) is 14.4 Å². The van der Waals surface area contributed by atoms with Gasteiger partial charge in [-0.15, -0.1) is 0 Å². The Balaban J connectivity index is 1.79. The van der Waals surface area contributed by atoms with Crippen molar-refractivity contribution in [2.75, 3.05) is 0 Å². The first kappa shape index (κ1) is 16.5. The highest BCUT2D eigenvalue weighted by Crippen LogP contribution is 2.17. The van der Waals surface area contributed by atoms with E-state index in [1.54, 1.807) is 19.2 Å². The minimum absolute atomic E-state index is 0.0569. The summed E-state index contributed by atoms with van der Waals surface area (Å²) in [6.45, 7) is 0.216. The third kappa shape index (κ3) is 3.27. The molecule has 2 aromatic rings. The number of carbonyl (C=O) groups is 1. The number of nitrogens with one attached hydrogen (secondary N) is 1. The third-order valence-electron chi connectivity index (χ3n) is 4.80. The Morgan fingerprint density at radius 3 is 2.46 bits per heavy atom. The molecule has 1 N–H and O–H groups in total. The number of rotatable bonds is 4. The summed E-state index contributed by atoms with van der Waals surface area (Å²) in [4.78, 5) is 36.6. The molecule has 6 nitrogen and oxygen atoms in total. The van der Waals surface area contributed by atoms with Crippen LogP contribution >= 0.6 is 0 Å². The van der Waals surface area contributed by atoms with Gasteiger partial charge >= 0.3 is 11.1 Å². The minimum atomic E-state index is -0.582. The van der Waals surface area contributed by atoms with Crippen LogP contribution in [0.15, 0.2) is 33.9 Å². The molecule has 0 atom stereocenters. The van der Waals surface area contributed by atoms with Gasteiger partial charge in [0, 0.05) is 26.1 Å². The van der Waals surface area contributed by atoms with Crippen LogP contribution in [0.25, 0.3) is 11.0 Å². The van der Waals surface area contributed by atoms with Crippen LogP contribution in [0, 0.1) is 0 Å². The van der Waals surface area contributed by atoms with Gasteiger partial charge in [-0.2, -0.15) is 0 Å². The van der Waals surface area contributed by atoms with Crippen LogP contribution < -0.4 is 16.4 Å². The molecule has 6 heteroatoms. The SMILES string of the molecule is Cn1c(=O)c(=O)n(CCC(=O)NC2CCCCC2)c2ccccc21. The highest BCUT2D eigenvalue weighted by molar-refractivity contribution is 5.77. The lowest BCUT2D eigenvalue weighted by Gasteiger charge is -2.22. The second kappa shape index (κ2) is 7.03. The summed E-state index contributed by atoms with van der Waals surface area (Å²) in [6, 6.07) is 7.50. The van der Waals surface area contributed by atoms with Crippen molar-refractivity contribution in [3.05, 3.63) is 45.0 Å². The molecule has 1 aromatic heterocycles. The molecule has 1 aliphatic rings. The van der Waals surface area contributed by atoms with Gasteiger partial charge in [0.15, 0.2) is 0 Å². The Morgan fingerprint density at radius 2 is 1.75 bits per heavy atom. The lowest BCUT2D eigenvalue weighted by molar-refractivity contribution is -0.122. The predicted molar refractivity (Wildman–Crippen MR) is 93.1 cm³/mol. The molecule has 0 unspecified atom stereocenters. The van der Waals surface area contributed by atoms with Crippen molar-refractivity contribution >= 4 is 16.9 Å². The average molecular weight is 329 g/mol. The minimum Gasteiger partial charge on any atom is -0.353 e. The van der Waals surface area contributed by atoms with E-state index in [0.29, 0.717) is 11.0 Å². The molecule has 1 aliphatic carbocycles. The fourth-order valence-corrected chi connectivity index (χ4v) is 3.44. The molecule has 3 rings (SSSR count). The molecule has 0 spiro atoms. The van der Waals surface area contributed by atoms with E-state index in [1.807, 2.05) is 12.1 Å². The number of para-hydroxylation sites is 2. The second-order valence-corrected chi connectivity index (χ2v) is 6.46. The molecule has 24 heavy (non-hydrogen) atoms. The van der Waals surface area contributed by atoms with Gasteiger partial charge in [-0.25, -0.2) is 0 Å². The fraction of sp³-hybridized carbons (Fsp3) is 0.500. The Kier molecular flexibility index (Phi) is 4.83. The molecule has 1 fully saturated rings. The normalized spacial score (nSPS) is 15.5. The number of hydrogen-bond acceptors (Lipinski definition) is 3. The van der Waals surface area contributed by atoms with E-state index in [4.69, 9.17) is 0 Å². The van der Waals surface area contributed by atoms with Crippen LogP contribution in [0.4, 0.5) is 0 Å². The maximum Gasteiger partial charge on any atom is 0.316 e. The number of aromatic nitrogens is 2. The third-order valence-corrected chi connectivity index (χ3v) is 4.80. The highest BCUT2D eigenvalue weighted by atomic mass is 16.2. The summed E-state index contributed by atoms with van der Waals surface area (Å²) in [5, 5.41) is 3.04. The molecule has 1 heterocycles. The zero-order chi connectivity index (χ0) is 17.1. The van der Waals surface area contributed by atoms with Gasteiger partial charge in [0.1, 0.15) is 0 Å². The van der Waals surface area contributed by atoms with Crippen molar-refractivity contribution in [1.82, 2.24) is 14.5 Å². The van der Waals surface area contributed by atoms with E-state index < -0.39 is 11.1 Å². The monoisotopic (exact) mass is 329 g/mol. The van der Waals surface area contributed by atoms with Gasteiger partial charge in [0.2, 0.25) is 5.91 Å². The number of fused-ring (bicyclic) bond motifs is 1. The van der Waals surface area contributed by atoms with Crippen molar-refractivity contribution in [2.24, 2.45) is 7.05 Å². The predicted octanol–water partition coefficient (Wildman–Crippen LogP) is 1.54. The van der Waals surface area contributed by atoms with Gasteiger partial charge in [-0.05, 0) is 25.0 Å². The molecule has 0 radical (unpaired) electrons. The van der Waals surface area contributed by atoms with Crippen LogP contribution in [-0.2, 0) is 18.4 Å². The Labute approximate surface area is 140 Å². The lowest BCUT2D eigenvalue weighted by Crippen LogP contribution is -2.42. The van der Waals surface area contributed by atoms with Crippen molar-refractivity contribution in [2.45, 2.75) is 51.1 Å². The van der Waals surface area contributed by atoms with Gasteiger partial charge < -0.3 is 14.5 Å². The smallest absolute Gasteiger partial charge is 0.316 e. The standard InChI is InChI=1S/C18H23N3O3/c1-20-14-9-5-6-10-15(14)21(18(24)17(20)23)12-11-16(22)19-13-7-3-2-4-8-13/h5-6,9-10,13H,2-4,7-8,11-12H2,1H3,(H,19,22). The lowest BCUT2D eigenvalue weighted by atomic mass is 9.95. The van der Waals surface area contributed by atoms with E-state index >= 15 is 0 Å². The maximum atomic E-state index is 12.3. The average Bonchev–Trinajstić information content (AvgIpc) is 2.60. The number of hydrogen-bond donors (Lipinski definition) is 1. The molecule has 0 aliphatic heterocycles. The Morgan fingerprint density at radius 1 is 1.08 bits per heavy atom. The molecule has 128 valence electrons. The van der Waals surface area contributed by atoms with Gasteiger partial charge in [0.05, 0.1) is 11.0 Å². The van der Waals surface area contributed by atoms with Crippen molar-refractivity contribution < 1.29 is 4.79 Å². The molecule has 1 aromatic carbocycles. The number of nitrogens with zero attached hydrogens (tertiary/aromatic N) is 2. The van der Waals surface area contributed by atoms with E-state index in [2.05, 4.69) is 5.32 Å². The topological polar surface area (TPSA) is 73.1 Å². The van der Waals surface area contributed by atoms with Crippen LogP contribution in [0.2, 0.25) is 0 Å². The second-order valence-electron chi connectivity index (χ2n) is 6.46. The van der Waals surface area contributed by atoms with Crippen LogP contribution in [-0.4, -0.2) is 21.1 Å². The first-order valence-electron chi connectivity index (χ1n) is 8.56. The van der Waals surface area contributed by atoms with Crippen molar-refractivity contribution in [3.8, 4) is 0 Å². The maximum absolute atomic E-state index is 12.3. The quantitative estimate of drug-likeness (QED) is 0.865. The summed E-state index contributed by atoms with van der Waals surface area (Å²) >= 11 is 0. The summed E-state index contributed by atoms with van der Waals surface area (Å²) in [7, 11) is 1.59. The number of carbonyl (C=O) groups excluding carboxylic acids is 1. The van der Waals surface area contributed by atoms with Crippen LogP contribution in [0.5, 0.6) is 0 Å². The molecule has 1 amide bonds. The number of amides is 1. The largest absolute Gasteiger partial charge is 0.353 e. The van der Waals surface area contributed by atoms with Gasteiger partial charge in [-0.1, -0.05) is 31.4 Å². The number of benzene rings is 1. The van der Waals surface area contributed by atoms with Crippen LogP contribution in [0.1, 0.15) is 38.5 Å². The van der Waals surface area contributed by atoms with Crippen molar-refractivity contribution in [3.63, 3.8) is 0 Å². The molecule has 0 saturated heterocycles. The Bertz CT molecular complexity index is 860. The summed E-state index contributed by atoms with van der Waals surface area (Å²) in [6.07, 6.45) is 5.81. The first-order valence-corrected chi connectivity index (χ1v) is 8.56. The molecular weight excluding hydrogens is 306 g/mol. The molecule has 0 bridgehead atoms. The highest BCUT2D eigenvalue weighted by Gasteiger charge is 2.16. The van der Waals surface area contributed by atoms with E-state index in [9.17, 15) is 14.4 Å². The van der Waals surface area contributed by atoms with Gasteiger partial charge in [0.25, 0.3) is 0 Å². The molecular formula is C18H23N3O3. The zero-order valence-electron chi connectivity index (χ0n) is 14.0. The number of aryl methyl sites for hydroxylation is 2. The van der Waals surface area contributed by atoms with E-state index in [1.165, 1.54) is 15.6 Å².